The minimum atomic E-state index is -0.353. The van der Waals surface area contributed by atoms with Crippen LogP contribution in [-0.2, 0) is 9.53 Å². The lowest BCUT2D eigenvalue weighted by Crippen LogP contribution is -2.42. The fraction of sp³-hybridized carbons (Fsp3) is 0.611. The number of hydrogen-bond donors (Lipinski definition) is 1. The van der Waals surface area contributed by atoms with Crippen molar-refractivity contribution in [3.05, 3.63) is 35.9 Å². The Hall–Kier alpha value is -1.35. The Morgan fingerprint density at radius 2 is 1.81 bits per heavy atom. The van der Waals surface area contributed by atoms with Gasteiger partial charge in [0.05, 0.1) is 6.61 Å². The predicted octanol–water partition coefficient (Wildman–Crippen LogP) is 3.71. The summed E-state index contributed by atoms with van der Waals surface area (Å²) in [6.07, 6.45) is 3.55. The molecule has 0 radical (unpaired) electrons. The van der Waals surface area contributed by atoms with Crippen LogP contribution in [0.2, 0.25) is 0 Å². The summed E-state index contributed by atoms with van der Waals surface area (Å²) in [6, 6.07) is 9.92. The van der Waals surface area contributed by atoms with Crippen molar-refractivity contribution in [2.75, 3.05) is 6.61 Å². The average molecular weight is 289 g/mol. The molecule has 1 aromatic rings. The highest BCUT2D eigenvalue weighted by Gasteiger charge is 2.29. The lowest BCUT2D eigenvalue weighted by atomic mass is 9.80. The van der Waals surface area contributed by atoms with Gasteiger partial charge in [0.25, 0.3) is 0 Å². The van der Waals surface area contributed by atoms with Gasteiger partial charge >= 0.3 is 5.97 Å². The molecule has 0 heterocycles. The summed E-state index contributed by atoms with van der Waals surface area (Å²) in [7, 11) is 0. The maximum absolute atomic E-state index is 12.3. The van der Waals surface area contributed by atoms with Gasteiger partial charge in [0.2, 0.25) is 0 Å². The summed E-state index contributed by atoms with van der Waals surface area (Å²) >= 11 is 0. The summed E-state index contributed by atoms with van der Waals surface area (Å²) in [5, 5.41) is 3.54. The van der Waals surface area contributed by atoms with Crippen LogP contribution >= 0.6 is 0 Å². The van der Waals surface area contributed by atoms with Crippen molar-refractivity contribution in [3.63, 3.8) is 0 Å². The third kappa shape index (κ3) is 4.57. The van der Waals surface area contributed by atoms with Crippen molar-refractivity contribution in [1.82, 2.24) is 5.32 Å². The van der Waals surface area contributed by atoms with Gasteiger partial charge in [0.15, 0.2) is 0 Å². The van der Waals surface area contributed by atoms with Crippen LogP contribution in [0.25, 0.3) is 0 Å². The van der Waals surface area contributed by atoms with Crippen LogP contribution in [0.1, 0.15) is 51.6 Å². The Bertz CT molecular complexity index is 436. The molecule has 3 atom stereocenters. The third-order valence-corrected chi connectivity index (χ3v) is 4.24. The van der Waals surface area contributed by atoms with Crippen molar-refractivity contribution < 1.29 is 9.53 Å². The van der Waals surface area contributed by atoms with E-state index in [1.165, 1.54) is 6.42 Å². The topological polar surface area (TPSA) is 38.3 Å². The number of nitrogens with one attached hydrogen (secondary N) is 1. The van der Waals surface area contributed by atoms with Crippen LogP contribution < -0.4 is 5.32 Å². The number of carbonyl (C=O) groups is 1. The van der Waals surface area contributed by atoms with E-state index in [-0.39, 0.29) is 12.0 Å². The molecule has 3 unspecified atom stereocenters. The first-order valence-electron chi connectivity index (χ1n) is 8.07. The zero-order chi connectivity index (χ0) is 15.2. The smallest absolute Gasteiger partial charge is 0.327 e. The normalized spacial score (nSPS) is 27.1. The Balaban J connectivity index is 2.10. The van der Waals surface area contributed by atoms with Crippen LogP contribution in [0.3, 0.4) is 0 Å². The van der Waals surface area contributed by atoms with Gasteiger partial charge in [-0.25, -0.2) is 4.79 Å². The predicted molar refractivity (Wildman–Crippen MR) is 84.9 cm³/mol. The van der Waals surface area contributed by atoms with Crippen molar-refractivity contribution in [1.29, 1.82) is 0 Å². The number of carbonyl (C=O) groups excluding carboxylic acids is 1. The van der Waals surface area contributed by atoms with Gasteiger partial charge in [0, 0.05) is 6.04 Å². The number of rotatable bonds is 5. The van der Waals surface area contributed by atoms with Crippen LogP contribution in [0, 0.1) is 11.8 Å². The van der Waals surface area contributed by atoms with Gasteiger partial charge in [0.1, 0.15) is 6.04 Å². The molecule has 1 saturated carbocycles. The van der Waals surface area contributed by atoms with Gasteiger partial charge in [-0.15, -0.1) is 0 Å². The Kier molecular flexibility index (Phi) is 5.80. The molecular formula is C18H27NO2. The summed E-state index contributed by atoms with van der Waals surface area (Å²) < 4.78 is 5.25. The summed E-state index contributed by atoms with van der Waals surface area (Å²) in [5.74, 6) is 1.25. The highest BCUT2D eigenvalue weighted by Crippen LogP contribution is 2.30. The largest absolute Gasteiger partial charge is 0.465 e. The molecule has 0 spiro atoms. The second-order valence-electron chi connectivity index (χ2n) is 6.38. The highest BCUT2D eigenvalue weighted by molar-refractivity contribution is 5.77. The number of hydrogen-bond acceptors (Lipinski definition) is 3. The summed E-state index contributed by atoms with van der Waals surface area (Å²) in [6.45, 7) is 6.87. The van der Waals surface area contributed by atoms with Gasteiger partial charge in [-0.3, -0.25) is 5.32 Å². The second kappa shape index (κ2) is 7.60. The van der Waals surface area contributed by atoms with Gasteiger partial charge in [-0.05, 0) is 43.6 Å². The van der Waals surface area contributed by atoms with E-state index < -0.39 is 0 Å². The van der Waals surface area contributed by atoms with Gasteiger partial charge < -0.3 is 4.74 Å². The molecule has 0 amide bonds. The summed E-state index contributed by atoms with van der Waals surface area (Å²) in [4.78, 5) is 12.3. The molecule has 3 nitrogen and oxygen atoms in total. The monoisotopic (exact) mass is 289 g/mol. The molecule has 3 heteroatoms. The Labute approximate surface area is 128 Å². The first-order valence-corrected chi connectivity index (χ1v) is 8.07. The average Bonchev–Trinajstić information content (AvgIpc) is 2.45. The first kappa shape index (κ1) is 16.0. The minimum absolute atomic E-state index is 0.172. The van der Waals surface area contributed by atoms with Crippen molar-refractivity contribution in [2.24, 2.45) is 11.8 Å². The SMILES string of the molecule is CCOC(=O)C(NC1CC(C)CC(C)C1)c1ccccc1. The van der Waals surface area contributed by atoms with E-state index in [0.29, 0.717) is 24.5 Å². The molecular weight excluding hydrogens is 262 g/mol. The minimum Gasteiger partial charge on any atom is -0.465 e. The highest BCUT2D eigenvalue weighted by atomic mass is 16.5. The standard InChI is InChI=1S/C18H27NO2/c1-4-21-18(20)17(15-8-6-5-7-9-15)19-16-11-13(2)10-14(3)12-16/h5-9,13-14,16-17,19H,4,10-12H2,1-3H3. The van der Waals surface area contributed by atoms with E-state index in [0.717, 1.165) is 18.4 Å². The molecule has 0 aromatic heterocycles. The quantitative estimate of drug-likeness (QED) is 0.840. The molecule has 1 aliphatic rings. The van der Waals surface area contributed by atoms with Crippen LogP contribution in [0.5, 0.6) is 0 Å². The fourth-order valence-electron chi connectivity index (χ4n) is 3.49. The molecule has 1 fully saturated rings. The number of esters is 1. The zero-order valence-corrected chi connectivity index (χ0v) is 13.3. The third-order valence-electron chi connectivity index (χ3n) is 4.24. The maximum atomic E-state index is 12.3. The Morgan fingerprint density at radius 3 is 2.38 bits per heavy atom. The zero-order valence-electron chi connectivity index (χ0n) is 13.3. The molecule has 1 N–H and O–H groups in total. The molecule has 0 bridgehead atoms. The molecule has 21 heavy (non-hydrogen) atoms. The van der Waals surface area contributed by atoms with Crippen molar-refractivity contribution >= 4 is 5.97 Å². The van der Waals surface area contributed by atoms with Crippen molar-refractivity contribution in [3.8, 4) is 0 Å². The van der Waals surface area contributed by atoms with E-state index in [1.54, 1.807) is 0 Å². The molecule has 2 rings (SSSR count). The van der Waals surface area contributed by atoms with E-state index in [4.69, 9.17) is 4.74 Å². The van der Waals surface area contributed by atoms with Gasteiger partial charge in [-0.1, -0.05) is 44.2 Å². The molecule has 1 aromatic carbocycles. The number of ether oxygens (including phenoxy) is 1. The molecule has 1 aliphatic carbocycles. The van der Waals surface area contributed by atoms with E-state index in [9.17, 15) is 4.79 Å². The van der Waals surface area contributed by atoms with Crippen molar-refractivity contribution in [2.45, 2.75) is 52.1 Å². The van der Waals surface area contributed by atoms with E-state index >= 15 is 0 Å². The molecule has 0 saturated heterocycles. The first-order chi connectivity index (χ1) is 10.1. The van der Waals surface area contributed by atoms with Crippen LogP contribution in [0.4, 0.5) is 0 Å². The molecule has 0 aliphatic heterocycles. The lowest BCUT2D eigenvalue weighted by molar-refractivity contribution is -0.146. The fourth-order valence-corrected chi connectivity index (χ4v) is 3.49. The Morgan fingerprint density at radius 1 is 1.19 bits per heavy atom. The lowest BCUT2D eigenvalue weighted by Gasteiger charge is -2.34. The summed E-state index contributed by atoms with van der Waals surface area (Å²) in [5.41, 5.74) is 0.988. The number of benzene rings is 1. The van der Waals surface area contributed by atoms with Crippen LogP contribution in [0.15, 0.2) is 30.3 Å². The van der Waals surface area contributed by atoms with Gasteiger partial charge in [-0.2, -0.15) is 0 Å². The van der Waals surface area contributed by atoms with E-state index in [1.807, 2.05) is 37.3 Å². The maximum Gasteiger partial charge on any atom is 0.327 e. The molecule has 116 valence electrons. The van der Waals surface area contributed by atoms with E-state index in [2.05, 4.69) is 19.2 Å². The second-order valence-corrected chi connectivity index (χ2v) is 6.38. The van der Waals surface area contributed by atoms with Crippen LogP contribution in [-0.4, -0.2) is 18.6 Å².